The monoisotopic (exact) mass is 311 g/mol. The van der Waals surface area contributed by atoms with Crippen molar-refractivity contribution in [3.05, 3.63) is 34.6 Å². The lowest BCUT2D eigenvalue weighted by Crippen LogP contribution is -2.34. The molecule has 3 unspecified atom stereocenters. The van der Waals surface area contributed by atoms with Gasteiger partial charge in [-0.15, -0.1) is 0 Å². The third kappa shape index (κ3) is 4.69. The zero-order valence-corrected chi connectivity index (χ0v) is 13.9. The highest BCUT2D eigenvalue weighted by Gasteiger charge is 2.29. The van der Waals surface area contributed by atoms with Gasteiger partial charge in [-0.05, 0) is 67.8 Å². The second kappa shape index (κ2) is 8.14. The van der Waals surface area contributed by atoms with E-state index in [9.17, 15) is 4.39 Å². The third-order valence-corrected chi connectivity index (χ3v) is 5.33. The van der Waals surface area contributed by atoms with Crippen LogP contribution in [0.1, 0.15) is 45.1 Å². The van der Waals surface area contributed by atoms with Crippen molar-refractivity contribution < 1.29 is 4.39 Å². The smallest absolute Gasteiger partial charge is 0.124 e. The van der Waals surface area contributed by atoms with E-state index in [0.717, 1.165) is 31.0 Å². The Labute approximate surface area is 133 Å². The maximum atomic E-state index is 13.2. The van der Waals surface area contributed by atoms with Crippen LogP contribution in [0.3, 0.4) is 0 Å². The van der Waals surface area contributed by atoms with Crippen molar-refractivity contribution >= 4 is 11.6 Å². The van der Waals surface area contributed by atoms with E-state index in [1.165, 1.54) is 37.8 Å². The third-order valence-electron chi connectivity index (χ3n) is 4.98. The molecule has 0 aromatic heterocycles. The first-order valence-electron chi connectivity index (χ1n) is 8.28. The van der Waals surface area contributed by atoms with E-state index >= 15 is 0 Å². The topological polar surface area (TPSA) is 12.0 Å². The summed E-state index contributed by atoms with van der Waals surface area (Å²) in [6.45, 7) is 6.56. The highest BCUT2D eigenvalue weighted by molar-refractivity contribution is 6.31. The van der Waals surface area contributed by atoms with Crippen molar-refractivity contribution in [2.24, 2.45) is 17.8 Å². The molecule has 0 radical (unpaired) electrons. The van der Waals surface area contributed by atoms with Gasteiger partial charge in [0.25, 0.3) is 0 Å². The largest absolute Gasteiger partial charge is 0.317 e. The first-order chi connectivity index (χ1) is 10.1. The molecule has 0 heterocycles. The highest BCUT2D eigenvalue weighted by Crippen LogP contribution is 2.38. The minimum atomic E-state index is -0.247. The van der Waals surface area contributed by atoms with Crippen LogP contribution >= 0.6 is 11.6 Å². The van der Waals surface area contributed by atoms with Crippen LogP contribution < -0.4 is 5.32 Å². The molecule has 2 rings (SSSR count). The van der Waals surface area contributed by atoms with Gasteiger partial charge in [-0.2, -0.15) is 0 Å². The molecule has 1 nitrogen and oxygen atoms in total. The molecule has 0 saturated heterocycles. The molecule has 0 spiro atoms. The van der Waals surface area contributed by atoms with Gasteiger partial charge in [-0.25, -0.2) is 4.39 Å². The molecule has 1 aliphatic rings. The minimum Gasteiger partial charge on any atom is -0.317 e. The Morgan fingerprint density at radius 2 is 2.05 bits per heavy atom. The lowest BCUT2D eigenvalue weighted by molar-refractivity contribution is 0.172. The summed E-state index contributed by atoms with van der Waals surface area (Å²) in [5.41, 5.74) is 1.10. The molecule has 1 aromatic rings. The molecule has 118 valence electrons. The van der Waals surface area contributed by atoms with Crippen LogP contribution in [0.2, 0.25) is 5.02 Å². The van der Waals surface area contributed by atoms with E-state index in [1.807, 2.05) is 6.07 Å². The maximum Gasteiger partial charge on any atom is 0.124 e. The molecule has 3 heteroatoms. The Kier molecular flexibility index (Phi) is 6.50. The number of rotatable bonds is 6. The number of nitrogens with one attached hydrogen (secondary N) is 1. The summed E-state index contributed by atoms with van der Waals surface area (Å²) >= 11 is 6.22. The fourth-order valence-electron chi connectivity index (χ4n) is 3.61. The summed E-state index contributed by atoms with van der Waals surface area (Å²) < 4.78 is 13.2. The van der Waals surface area contributed by atoms with E-state index in [2.05, 4.69) is 19.2 Å². The first-order valence-corrected chi connectivity index (χ1v) is 8.66. The predicted molar refractivity (Wildman–Crippen MR) is 88.3 cm³/mol. The summed E-state index contributed by atoms with van der Waals surface area (Å²) in [5, 5.41) is 4.08. The van der Waals surface area contributed by atoms with Gasteiger partial charge in [-0.3, -0.25) is 0 Å². The van der Waals surface area contributed by atoms with E-state index in [1.54, 1.807) is 0 Å². The van der Waals surface area contributed by atoms with Gasteiger partial charge in [0.2, 0.25) is 0 Å². The Balaban J connectivity index is 2.07. The standard InChI is InChI=1S/C18H27ClFN/c1-3-13-5-6-15(12-21-4-2)16(9-13)10-14-7-8-17(20)11-18(14)19/h7-8,11,13,15-16,21H,3-6,9-10,12H2,1-2H3. The molecule has 1 fully saturated rings. The molecular weight excluding hydrogens is 285 g/mol. The fraction of sp³-hybridized carbons (Fsp3) is 0.667. The highest BCUT2D eigenvalue weighted by atomic mass is 35.5. The van der Waals surface area contributed by atoms with Crippen LogP contribution in [0.4, 0.5) is 4.39 Å². The summed E-state index contributed by atoms with van der Waals surface area (Å²) in [6, 6.07) is 4.83. The van der Waals surface area contributed by atoms with Crippen molar-refractivity contribution in [2.75, 3.05) is 13.1 Å². The van der Waals surface area contributed by atoms with Gasteiger partial charge in [0.1, 0.15) is 5.82 Å². The second-order valence-corrected chi connectivity index (χ2v) is 6.76. The Morgan fingerprint density at radius 3 is 2.71 bits per heavy atom. The number of benzene rings is 1. The van der Waals surface area contributed by atoms with Crippen LogP contribution in [0.15, 0.2) is 18.2 Å². The van der Waals surface area contributed by atoms with Gasteiger partial charge in [-0.1, -0.05) is 44.4 Å². The molecule has 1 saturated carbocycles. The van der Waals surface area contributed by atoms with Crippen molar-refractivity contribution in [1.82, 2.24) is 5.32 Å². The molecule has 0 aliphatic heterocycles. The van der Waals surface area contributed by atoms with Crippen LogP contribution in [-0.2, 0) is 6.42 Å². The van der Waals surface area contributed by atoms with Crippen LogP contribution in [0.25, 0.3) is 0 Å². The zero-order chi connectivity index (χ0) is 15.2. The Hall–Kier alpha value is -0.600. The van der Waals surface area contributed by atoms with Gasteiger partial charge in [0.05, 0.1) is 0 Å². The molecule has 1 aliphatic carbocycles. The van der Waals surface area contributed by atoms with Gasteiger partial charge < -0.3 is 5.32 Å². The van der Waals surface area contributed by atoms with E-state index in [0.29, 0.717) is 16.9 Å². The van der Waals surface area contributed by atoms with Gasteiger partial charge >= 0.3 is 0 Å². The average molecular weight is 312 g/mol. The fourth-order valence-corrected chi connectivity index (χ4v) is 3.86. The summed E-state index contributed by atoms with van der Waals surface area (Å²) in [5.74, 6) is 1.97. The average Bonchev–Trinajstić information content (AvgIpc) is 2.48. The molecule has 1 aromatic carbocycles. The van der Waals surface area contributed by atoms with Crippen molar-refractivity contribution in [2.45, 2.75) is 46.0 Å². The van der Waals surface area contributed by atoms with E-state index in [4.69, 9.17) is 11.6 Å². The number of halogens is 2. The summed E-state index contributed by atoms with van der Waals surface area (Å²) in [7, 11) is 0. The Bertz CT molecular complexity index is 449. The quantitative estimate of drug-likeness (QED) is 0.773. The first kappa shape index (κ1) is 16.8. The van der Waals surface area contributed by atoms with Crippen LogP contribution in [0.5, 0.6) is 0 Å². The lowest BCUT2D eigenvalue weighted by Gasteiger charge is -2.36. The molecule has 1 N–H and O–H groups in total. The molecule has 3 atom stereocenters. The molecule has 21 heavy (non-hydrogen) atoms. The van der Waals surface area contributed by atoms with Gasteiger partial charge in [0, 0.05) is 5.02 Å². The van der Waals surface area contributed by atoms with Gasteiger partial charge in [0.15, 0.2) is 0 Å². The SMILES string of the molecule is CCNCC1CCC(CC)CC1Cc1ccc(F)cc1Cl. The van der Waals surface area contributed by atoms with Crippen LogP contribution in [0, 0.1) is 23.6 Å². The molecule has 0 amide bonds. The lowest BCUT2D eigenvalue weighted by atomic mass is 9.71. The normalized spacial score (nSPS) is 26.0. The van der Waals surface area contributed by atoms with Crippen LogP contribution in [-0.4, -0.2) is 13.1 Å². The maximum absolute atomic E-state index is 13.2. The summed E-state index contributed by atoms with van der Waals surface area (Å²) in [6.07, 6.45) is 6.17. The molecular formula is C18H27ClFN. The van der Waals surface area contributed by atoms with Crippen molar-refractivity contribution in [3.63, 3.8) is 0 Å². The van der Waals surface area contributed by atoms with Crippen molar-refractivity contribution in [1.29, 1.82) is 0 Å². The summed E-state index contributed by atoms with van der Waals surface area (Å²) in [4.78, 5) is 0. The number of hydrogen-bond donors (Lipinski definition) is 1. The zero-order valence-electron chi connectivity index (χ0n) is 13.2. The van der Waals surface area contributed by atoms with E-state index < -0.39 is 0 Å². The number of hydrogen-bond acceptors (Lipinski definition) is 1. The van der Waals surface area contributed by atoms with E-state index in [-0.39, 0.29) is 5.82 Å². The Morgan fingerprint density at radius 1 is 1.24 bits per heavy atom. The van der Waals surface area contributed by atoms with Crippen molar-refractivity contribution in [3.8, 4) is 0 Å². The molecule has 0 bridgehead atoms. The second-order valence-electron chi connectivity index (χ2n) is 6.36. The predicted octanol–water partition coefficient (Wildman–Crippen LogP) is 5.07. The minimum absolute atomic E-state index is 0.247.